The second-order valence-electron chi connectivity index (χ2n) is 6.47. The van der Waals surface area contributed by atoms with Crippen LogP contribution in [0.5, 0.6) is 5.75 Å². The van der Waals surface area contributed by atoms with Crippen LogP contribution in [0.15, 0.2) is 24.3 Å². The number of rotatable bonds is 7. The molecule has 0 amide bonds. The highest BCUT2D eigenvalue weighted by molar-refractivity contribution is 5.28. The van der Waals surface area contributed by atoms with Gasteiger partial charge in [0, 0.05) is 12.1 Å². The van der Waals surface area contributed by atoms with Gasteiger partial charge in [0.2, 0.25) is 0 Å². The van der Waals surface area contributed by atoms with Crippen LogP contribution in [0.3, 0.4) is 0 Å². The van der Waals surface area contributed by atoms with Crippen molar-refractivity contribution >= 4 is 0 Å². The number of ether oxygens (including phenoxy) is 1. The SMILES string of the molecule is CCC(O)(CC)COc1cccc(CNC(C)(C)C)c1. The smallest absolute Gasteiger partial charge is 0.119 e. The summed E-state index contributed by atoms with van der Waals surface area (Å²) in [5.74, 6) is 0.818. The monoisotopic (exact) mass is 279 g/mol. The van der Waals surface area contributed by atoms with Gasteiger partial charge in [-0.3, -0.25) is 0 Å². The largest absolute Gasteiger partial charge is 0.491 e. The third kappa shape index (κ3) is 5.93. The van der Waals surface area contributed by atoms with Crippen molar-refractivity contribution in [1.29, 1.82) is 0 Å². The van der Waals surface area contributed by atoms with E-state index in [4.69, 9.17) is 4.74 Å². The molecule has 0 saturated carbocycles. The average Bonchev–Trinajstić information content (AvgIpc) is 2.42. The van der Waals surface area contributed by atoms with Crippen molar-refractivity contribution in [3.63, 3.8) is 0 Å². The van der Waals surface area contributed by atoms with Gasteiger partial charge < -0.3 is 15.2 Å². The van der Waals surface area contributed by atoms with Gasteiger partial charge in [-0.05, 0) is 51.3 Å². The summed E-state index contributed by atoms with van der Waals surface area (Å²) in [6, 6.07) is 8.04. The van der Waals surface area contributed by atoms with Gasteiger partial charge in [-0.15, -0.1) is 0 Å². The first-order valence-corrected chi connectivity index (χ1v) is 7.47. The Balaban J connectivity index is 2.60. The van der Waals surface area contributed by atoms with Crippen molar-refractivity contribution in [1.82, 2.24) is 5.32 Å². The van der Waals surface area contributed by atoms with E-state index in [1.807, 2.05) is 32.0 Å². The molecular formula is C17H29NO2. The van der Waals surface area contributed by atoms with Crippen molar-refractivity contribution in [2.45, 2.75) is 65.1 Å². The molecule has 3 nitrogen and oxygen atoms in total. The summed E-state index contributed by atoms with van der Waals surface area (Å²) >= 11 is 0. The molecule has 2 N–H and O–H groups in total. The van der Waals surface area contributed by atoms with Gasteiger partial charge in [-0.25, -0.2) is 0 Å². The van der Waals surface area contributed by atoms with E-state index in [-0.39, 0.29) is 5.54 Å². The highest BCUT2D eigenvalue weighted by Gasteiger charge is 2.23. The van der Waals surface area contributed by atoms with Gasteiger partial charge in [0.1, 0.15) is 12.4 Å². The lowest BCUT2D eigenvalue weighted by molar-refractivity contribution is -0.0113. The first-order valence-electron chi connectivity index (χ1n) is 7.47. The first-order chi connectivity index (χ1) is 9.28. The van der Waals surface area contributed by atoms with E-state index in [0.717, 1.165) is 12.3 Å². The second kappa shape index (κ2) is 7.09. The number of hydrogen-bond donors (Lipinski definition) is 2. The highest BCUT2D eigenvalue weighted by Crippen LogP contribution is 2.19. The molecule has 1 aromatic carbocycles. The third-order valence-electron chi connectivity index (χ3n) is 3.55. The Bertz CT molecular complexity index is 406. The number of hydrogen-bond acceptors (Lipinski definition) is 3. The minimum atomic E-state index is -0.723. The average molecular weight is 279 g/mol. The molecule has 3 heteroatoms. The maximum atomic E-state index is 10.2. The summed E-state index contributed by atoms with van der Waals surface area (Å²) in [4.78, 5) is 0. The van der Waals surface area contributed by atoms with E-state index < -0.39 is 5.60 Å². The molecule has 114 valence electrons. The van der Waals surface area contributed by atoms with Crippen molar-refractivity contribution in [3.8, 4) is 5.75 Å². The van der Waals surface area contributed by atoms with Crippen LogP contribution in [0.1, 0.15) is 53.0 Å². The summed E-state index contributed by atoms with van der Waals surface area (Å²) < 4.78 is 5.75. The molecule has 0 unspecified atom stereocenters. The Kier molecular flexibility index (Phi) is 6.03. The van der Waals surface area contributed by atoms with E-state index in [2.05, 4.69) is 32.2 Å². The molecular weight excluding hydrogens is 250 g/mol. The second-order valence-corrected chi connectivity index (χ2v) is 6.47. The Labute approximate surface area is 123 Å². The molecule has 1 aromatic rings. The quantitative estimate of drug-likeness (QED) is 0.802. The first kappa shape index (κ1) is 17.0. The fraction of sp³-hybridized carbons (Fsp3) is 0.647. The van der Waals surface area contributed by atoms with Crippen LogP contribution in [-0.4, -0.2) is 22.9 Å². The van der Waals surface area contributed by atoms with Gasteiger partial charge in [0.15, 0.2) is 0 Å². The van der Waals surface area contributed by atoms with Crippen LogP contribution < -0.4 is 10.1 Å². The summed E-state index contributed by atoms with van der Waals surface area (Å²) in [6.45, 7) is 11.6. The predicted molar refractivity (Wildman–Crippen MR) is 84.1 cm³/mol. The zero-order valence-electron chi connectivity index (χ0n) is 13.5. The molecule has 0 aliphatic carbocycles. The molecule has 0 bridgehead atoms. The Hall–Kier alpha value is -1.06. The topological polar surface area (TPSA) is 41.5 Å². The van der Waals surface area contributed by atoms with Crippen molar-refractivity contribution < 1.29 is 9.84 Å². The fourth-order valence-corrected chi connectivity index (χ4v) is 1.78. The van der Waals surface area contributed by atoms with E-state index in [9.17, 15) is 5.11 Å². The molecule has 1 rings (SSSR count). The highest BCUT2D eigenvalue weighted by atomic mass is 16.5. The molecule has 0 fully saturated rings. The molecule has 0 aliphatic rings. The Morgan fingerprint density at radius 2 is 1.80 bits per heavy atom. The van der Waals surface area contributed by atoms with Crippen LogP contribution in [0.4, 0.5) is 0 Å². The predicted octanol–water partition coefficient (Wildman–Crippen LogP) is 3.50. The van der Waals surface area contributed by atoms with Crippen LogP contribution in [0.2, 0.25) is 0 Å². The van der Waals surface area contributed by atoms with Crippen LogP contribution in [0, 0.1) is 0 Å². The van der Waals surface area contributed by atoms with E-state index in [1.165, 1.54) is 5.56 Å². The summed E-state index contributed by atoms with van der Waals surface area (Å²) in [7, 11) is 0. The maximum Gasteiger partial charge on any atom is 0.119 e. The lowest BCUT2D eigenvalue weighted by Crippen LogP contribution is -2.35. The lowest BCUT2D eigenvalue weighted by atomic mass is 9.99. The Morgan fingerprint density at radius 3 is 2.35 bits per heavy atom. The molecule has 0 aliphatic heterocycles. The molecule has 0 aromatic heterocycles. The van der Waals surface area contributed by atoms with E-state index >= 15 is 0 Å². The van der Waals surface area contributed by atoms with Gasteiger partial charge >= 0.3 is 0 Å². The van der Waals surface area contributed by atoms with Gasteiger partial charge in [0.25, 0.3) is 0 Å². The molecule has 0 saturated heterocycles. The molecule has 0 atom stereocenters. The zero-order valence-corrected chi connectivity index (χ0v) is 13.5. The molecule has 0 spiro atoms. The van der Waals surface area contributed by atoms with E-state index in [0.29, 0.717) is 19.4 Å². The van der Waals surface area contributed by atoms with E-state index in [1.54, 1.807) is 0 Å². The molecule has 0 heterocycles. The van der Waals surface area contributed by atoms with Crippen molar-refractivity contribution in [2.75, 3.05) is 6.61 Å². The molecule has 0 radical (unpaired) electrons. The van der Waals surface area contributed by atoms with Crippen LogP contribution >= 0.6 is 0 Å². The van der Waals surface area contributed by atoms with Crippen LogP contribution in [0.25, 0.3) is 0 Å². The maximum absolute atomic E-state index is 10.2. The third-order valence-corrected chi connectivity index (χ3v) is 3.55. The van der Waals surface area contributed by atoms with Crippen LogP contribution in [-0.2, 0) is 6.54 Å². The number of aliphatic hydroxyl groups is 1. The standard InChI is InChI=1S/C17H29NO2/c1-6-17(19,7-2)13-20-15-10-8-9-14(11-15)12-18-16(3,4)5/h8-11,18-19H,6-7,12-13H2,1-5H3. The summed E-state index contributed by atoms with van der Waals surface area (Å²) in [6.07, 6.45) is 1.41. The summed E-state index contributed by atoms with van der Waals surface area (Å²) in [5, 5.41) is 13.7. The normalized spacial score (nSPS) is 12.5. The number of nitrogens with one attached hydrogen (secondary N) is 1. The number of benzene rings is 1. The lowest BCUT2D eigenvalue weighted by Gasteiger charge is -2.25. The molecule has 20 heavy (non-hydrogen) atoms. The Morgan fingerprint density at radius 1 is 1.15 bits per heavy atom. The minimum Gasteiger partial charge on any atom is -0.491 e. The summed E-state index contributed by atoms with van der Waals surface area (Å²) in [5.41, 5.74) is 0.565. The van der Waals surface area contributed by atoms with Gasteiger partial charge in [0.05, 0.1) is 5.60 Å². The fourth-order valence-electron chi connectivity index (χ4n) is 1.78. The van der Waals surface area contributed by atoms with Crippen molar-refractivity contribution in [3.05, 3.63) is 29.8 Å². The van der Waals surface area contributed by atoms with Gasteiger partial charge in [-0.2, -0.15) is 0 Å². The zero-order chi connectivity index (χ0) is 15.2. The minimum absolute atomic E-state index is 0.0987. The van der Waals surface area contributed by atoms with Gasteiger partial charge in [-0.1, -0.05) is 26.0 Å². The van der Waals surface area contributed by atoms with Crippen molar-refractivity contribution in [2.24, 2.45) is 0 Å².